The van der Waals surface area contributed by atoms with Crippen LogP contribution in [0.1, 0.15) is 58.3 Å². The van der Waals surface area contributed by atoms with Crippen molar-refractivity contribution in [3.63, 3.8) is 0 Å². The molecular weight excluding hydrogens is 493 g/mol. The standard InChI is InChI=1S/C20H43O9P.2K/c1-2-3-4-5-6-7-8-9-10-24-11-12-25-13-14-26-15-16-27-17-18-28-19-20-29-30(21,22)23;;/h2-20H2,1H3,(H2,21,22,23);;/q;2*+1. The van der Waals surface area contributed by atoms with E-state index in [1.54, 1.807) is 0 Å². The van der Waals surface area contributed by atoms with Crippen molar-refractivity contribution in [1.82, 2.24) is 0 Å². The van der Waals surface area contributed by atoms with Crippen molar-refractivity contribution in [3.05, 3.63) is 0 Å². The van der Waals surface area contributed by atoms with Gasteiger partial charge in [0, 0.05) is 6.61 Å². The molecule has 0 aliphatic heterocycles. The number of ether oxygens (including phenoxy) is 5. The van der Waals surface area contributed by atoms with Crippen molar-refractivity contribution >= 4 is 7.82 Å². The molecule has 0 atom stereocenters. The summed E-state index contributed by atoms with van der Waals surface area (Å²) in [5.41, 5.74) is 0. The smallest absolute Gasteiger partial charge is 0.379 e. The van der Waals surface area contributed by atoms with Crippen molar-refractivity contribution < 1.29 is 145 Å². The molecule has 32 heavy (non-hydrogen) atoms. The molecule has 0 saturated heterocycles. The first-order chi connectivity index (χ1) is 14.6. The molecule has 0 heterocycles. The minimum atomic E-state index is -4.41. The second-order valence-corrected chi connectivity index (χ2v) is 8.10. The van der Waals surface area contributed by atoms with Gasteiger partial charge in [-0.25, -0.2) is 4.57 Å². The molecule has 0 saturated carbocycles. The fourth-order valence-electron chi connectivity index (χ4n) is 2.53. The molecule has 0 unspecified atom stereocenters. The summed E-state index contributed by atoms with van der Waals surface area (Å²) in [5, 5.41) is 0. The van der Waals surface area contributed by atoms with Crippen LogP contribution < -0.4 is 103 Å². The van der Waals surface area contributed by atoms with Gasteiger partial charge in [0.2, 0.25) is 0 Å². The molecule has 0 spiro atoms. The zero-order chi connectivity index (χ0) is 22.2. The molecule has 9 nitrogen and oxygen atoms in total. The predicted molar refractivity (Wildman–Crippen MR) is 115 cm³/mol. The third-order valence-electron chi connectivity index (χ3n) is 4.12. The zero-order valence-corrected chi connectivity index (χ0v) is 27.8. The molecule has 0 bridgehead atoms. The second kappa shape index (κ2) is 32.2. The predicted octanol–water partition coefficient (Wildman–Crippen LogP) is -2.67. The van der Waals surface area contributed by atoms with Gasteiger partial charge in [0.25, 0.3) is 0 Å². The van der Waals surface area contributed by atoms with Gasteiger partial charge >= 0.3 is 111 Å². The van der Waals surface area contributed by atoms with Crippen LogP contribution in [0.5, 0.6) is 0 Å². The fourth-order valence-corrected chi connectivity index (χ4v) is 2.85. The molecule has 0 aromatic heterocycles. The monoisotopic (exact) mass is 536 g/mol. The van der Waals surface area contributed by atoms with Gasteiger partial charge in [0.05, 0.1) is 66.1 Å². The average molecular weight is 537 g/mol. The Morgan fingerprint density at radius 1 is 0.500 bits per heavy atom. The van der Waals surface area contributed by atoms with E-state index in [2.05, 4.69) is 11.4 Å². The Kier molecular flexibility index (Phi) is 40.0. The second-order valence-electron chi connectivity index (χ2n) is 6.86. The summed E-state index contributed by atoms with van der Waals surface area (Å²) in [6, 6.07) is 0. The summed E-state index contributed by atoms with van der Waals surface area (Å²) in [7, 11) is -4.41. The van der Waals surface area contributed by atoms with Crippen LogP contribution in [0.4, 0.5) is 0 Å². The van der Waals surface area contributed by atoms with Gasteiger partial charge in [-0.05, 0) is 6.42 Å². The molecule has 0 rings (SSSR count). The van der Waals surface area contributed by atoms with Crippen LogP contribution in [0.25, 0.3) is 0 Å². The fraction of sp³-hybridized carbons (Fsp3) is 1.00. The topological polar surface area (TPSA) is 113 Å². The van der Waals surface area contributed by atoms with E-state index in [0.29, 0.717) is 52.9 Å². The molecular formula is C20H43K2O9P+2. The third-order valence-corrected chi connectivity index (χ3v) is 4.64. The van der Waals surface area contributed by atoms with Crippen LogP contribution in [-0.4, -0.2) is 82.5 Å². The zero-order valence-electron chi connectivity index (χ0n) is 20.6. The first-order valence-electron chi connectivity index (χ1n) is 11.1. The quantitative estimate of drug-likeness (QED) is 0.0733. The molecule has 0 amide bonds. The van der Waals surface area contributed by atoms with E-state index < -0.39 is 7.82 Å². The third kappa shape index (κ3) is 37.7. The number of hydrogen-bond acceptors (Lipinski definition) is 7. The molecule has 0 aromatic rings. The van der Waals surface area contributed by atoms with Crippen LogP contribution in [0, 0.1) is 0 Å². The number of phosphoric ester groups is 1. The van der Waals surface area contributed by atoms with E-state index >= 15 is 0 Å². The van der Waals surface area contributed by atoms with Crippen molar-refractivity contribution in [1.29, 1.82) is 0 Å². The van der Waals surface area contributed by atoms with Crippen molar-refractivity contribution in [2.45, 2.75) is 58.3 Å². The van der Waals surface area contributed by atoms with Gasteiger partial charge in [0.15, 0.2) is 0 Å². The summed E-state index contributed by atoms with van der Waals surface area (Å²) in [5.74, 6) is 0. The minimum absolute atomic E-state index is 0. The Morgan fingerprint density at radius 2 is 0.812 bits per heavy atom. The molecule has 182 valence electrons. The van der Waals surface area contributed by atoms with Gasteiger partial charge in [-0.3, -0.25) is 4.52 Å². The van der Waals surface area contributed by atoms with E-state index in [9.17, 15) is 4.57 Å². The number of phosphoric acid groups is 1. The summed E-state index contributed by atoms with van der Waals surface area (Å²) in [4.78, 5) is 16.9. The van der Waals surface area contributed by atoms with Crippen molar-refractivity contribution in [3.8, 4) is 0 Å². The van der Waals surface area contributed by atoms with Gasteiger partial charge < -0.3 is 33.5 Å². The minimum Gasteiger partial charge on any atom is -0.379 e. The Labute approximate surface area is 279 Å². The molecule has 0 radical (unpaired) electrons. The molecule has 12 heteroatoms. The summed E-state index contributed by atoms with van der Waals surface area (Å²) >= 11 is 0. The summed E-state index contributed by atoms with van der Waals surface area (Å²) in [6.07, 6.45) is 10.4. The van der Waals surface area contributed by atoms with E-state index in [0.717, 1.165) is 13.0 Å². The van der Waals surface area contributed by atoms with Crippen LogP contribution in [0.3, 0.4) is 0 Å². The number of unbranched alkanes of at least 4 members (excludes halogenated alkanes) is 7. The van der Waals surface area contributed by atoms with E-state index in [1.165, 1.54) is 44.9 Å². The van der Waals surface area contributed by atoms with Gasteiger partial charge in [-0.2, -0.15) is 0 Å². The van der Waals surface area contributed by atoms with Crippen LogP contribution >= 0.6 is 7.82 Å². The maximum Gasteiger partial charge on any atom is 1.00 e. The van der Waals surface area contributed by atoms with E-state index in [4.69, 9.17) is 33.5 Å². The molecule has 0 aliphatic rings. The Bertz CT molecular complexity index is 390. The maximum absolute atomic E-state index is 10.4. The van der Waals surface area contributed by atoms with Crippen LogP contribution in [-0.2, 0) is 32.8 Å². The number of rotatable bonds is 25. The van der Waals surface area contributed by atoms with E-state index in [1.807, 2.05) is 0 Å². The van der Waals surface area contributed by atoms with Crippen LogP contribution in [0.2, 0.25) is 0 Å². The van der Waals surface area contributed by atoms with Gasteiger partial charge in [-0.1, -0.05) is 51.9 Å². The Hall–Kier alpha value is 3.18. The molecule has 2 N–H and O–H groups in total. The Morgan fingerprint density at radius 3 is 1.19 bits per heavy atom. The van der Waals surface area contributed by atoms with Crippen molar-refractivity contribution in [2.75, 3.05) is 72.7 Å². The van der Waals surface area contributed by atoms with Gasteiger partial charge in [0.1, 0.15) is 0 Å². The largest absolute Gasteiger partial charge is 1.00 e. The first-order valence-corrected chi connectivity index (χ1v) is 12.7. The summed E-state index contributed by atoms with van der Waals surface area (Å²) in [6.45, 7) is 6.88. The average Bonchev–Trinajstić information content (AvgIpc) is 2.70. The SMILES string of the molecule is CCCCCCCCCCOCCOCCOCCOCCOCCOP(=O)(O)O.[K+].[K+]. The normalized spacial score (nSPS) is 11.2. The molecule has 0 fully saturated rings. The summed E-state index contributed by atoms with van der Waals surface area (Å²) < 4.78 is 41.4. The maximum atomic E-state index is 10.4. The van der Waals surface area contributed by atoms with Crippen LogP contribution in [0.15, 0.2) is 0 Å². The van der Waals surface area contributed by atoms with Gasteiger partial charge in [-0.15, -0.1) is 0 Å². The van der Waals surface area contributed by atoms with Crippen molar-refractivity contribution in [2.24, 2.45) is 0 Å². The molecule has 0 aliphatic carbocycles. The van der Waals surface area contributed by atoms with E-state index in [-0.39, 0.29) is 116 Å². The Balaban J connectivity index is -0.00000420. The number of hydrogen-bond donors (Lipinski definition) is 2. The first kappa shape index (κ1) is 39.7. The molecule has 0 aromatic carbocycles.